The molecule has 0 N–H and O–H groups in total. The van der Waals surface area contributed by atoms with Crippen LogP contribution in [0.2, 0.25) is 0 Å². The average molecular weight is 1900 g/mol. The first kappa shape index (κ1) is 88.7. The van der Waals surface area contributed by atoms with Crippen molar-refractivity contribution in [2.45, 2.75) is 41.0 Å². The Morgan fingerprint density at radius 3 is 0.926 bits per heavy atom. The molecule has 14 nitrogen and oxygen atoms in total. The number of nitrogens with zero attached hydrogens (tertiary/aromatic N) is 10. The van der Waals surface area contributed by atoms with Crippen molar-refractivity contribution in [2.75, 3.05) is 0 Å². The third-order valence-corrected chi connectivity index (χ3v) is 28.5. The molecular formula is C134H90N10O4. The predicted octanol–water partition coefficient (Wildman–Crippen LogP) is 34.4. The molecule has 0 saturated heterocycles. The maximum Gasteiger partial charge on any atom is 0.227 e. The SMILES string of the molecule is C=C/C=C(/c1ccc(-c2ccccc2-c2cc(-c3ccccc3-c3ccc(-c4cccc(-c5ccc(-c6ccccc6-c6cc(-c7ccccc7-c7ccc(-c8cccc9c8oc8nc(C)ccc89)nc7)cc(-c7ccccc7-c7ccc(-c8cccc9c8oc8nc(C)ccc89)nc7)c6)cn5)c4)nc3)cc(-c3ccccc3-c3ccc(-c4cccc5c4Oc4nc(C)ccc4C5)nc3)c2)cn1)c1oc2nc(C)ccc2c1C. The van der Waals surface area contributed by atoms with Gasteiger partial charge >= 0.3 is 0 Å². The molecule has 1 aliphatic heterocycles. The molecule has 0 radical (unpaired) electrons. The van der Waals surface area contributed by atoms with E-state index in [9.17, 15) is 0 Å². The highest BCUT2D eigenvalue weighted by Gasteiger charge is 2.28. The Hall–Kier alpha value is -19.4. The smallest absolute Gasteiger partial charge is 0.227 e. The first-order valence-corrected chi connectivity index (χ1v) is 49.6. The second kappa shape index (κ2) is 37.1. The highest BCUT2D eigenvalue weighted by Crippen LogP contribution is 2.50. The van der Waals surface area contributed by atoms with E-state index in [1.807, 2.05) is 95.2 Å². The Morgan fingerprint density at radius 2 is 0.554 bits per heavy atom. The lowest BCUT2D eigenvalue weighted by Gasteiger charge is -2.22. The number of fused-ring (bicyclic) bond motifs is 9. The van der Waals surface area contributed by atoms with E-state index in [2.05, 4.69) is 371 Å². The zero-order chi connectivity index (χ0) is 99.1. The first-order chi connectivity index (χ1) is 72.8. The minimum atomic E-state index is 0.592. The maximum absolute atomic E-state index is 6.62. The van der Waals surface area contributed by atoms with Crippen molar-refractivity contribution >= 4 is 60.8 Å². The van der Waals surface area contributed by atoms with Crippen molar-refractivity contribution in [3.63, 3.8) is 0 Å². The van der Waals surface area contributed by atoms with Crippen molar-refractivity contribution < 1.29 is 18.0 Å². The zero-order valence-corrected chi connectivity index (χ0v) is 81.5. The molecule has 0 saturated carbocycles. The highest BCUT2D eigenvalue weighted by molar-refractivity contribution is 6.10. The van der Waals surface area contributed by atoms with Gasteiger partial charge < -0.3 is 18.0 Å². The molecule has 13 aromatic heterocycles. The van der Waals surface area contributed by atoms with E-state index in [1.165, 1.54) is 0 Å². The molecule has 25 aromatic rings. The summed E-state index contributed by atoms with van der Waals surface area (Å²) in [5.74, 6) is 2.14. The number of aromatic nitrogens is 10. The summed E-state index contributed by atoms with van der Waals surface area (Å²) in [4.78, 5) is 50.4. The number of allylic oxidation sites excluding steroid dienone is 2. The average Bonchev–Trinajstić information content (AvgIpc) is 1.68. The third kappa shape index (κ3) is 16.3. The Labute approximate surface area is 854 Å². The summed E-state index contributed by atoms with van der Waals surface area (Å²) in [6, 6.07) is 135. The minimum absolute atomic E-state index is 0.592. The fourth-order valence-electron chi connectivity index (χ4n) is 21.2. The summed E-state index contributed by atoms with van der Waals surface area (Å²) < 4.78 is 26.1. The van der Waals surface area contributed by atoms with Gasteiger partial charge in [0.25, 0.3) is 0 Å². The Balaban J connectivity index is 0.525. The summed E-state index contributed by atoms with van der Waals surface area (Å²) in [6.07, 6.45) is 16.4. The molecule has 0 spiro atoms. The standard InChI is InChI=1S/C134H90N10O4/c1-7-24-117(127-83(6)100-56-46-80(3)142-132(100)145-127)123-61-52-90(75-137-123)103-30-10-16-36-109(103)96-67-94(68-97(71-96)110-37-17-11-31-104(110)91-53-62-124(138-76-91)118-42-21-27-86-66-87-49-45-79(2)141-131(87)146-128(86)118)107-34-14-8-28-101(107)88-50-59-121(135-73-88)84-25-20-26-85(65-84)122-60-51-89(74-136-122)102-29-9-15-35-108(102)95-69-98(111-38-18-12-32-105(111)92-54-63-125(139-77-92)119-43-22-40-113-115-57-47-81(4)143-133(115)147-129(113)119)72-99(70-95)112-39-19-13-33-106(112)93-55-64-126(140-78-93)120-44-23-41-114-116-58-48-82(5)144-134(116)148-130(114)120/h7-65,67-78H,1,66H2,2-6H3/b117-24-. The van der Waals surface area contributed by atoms with Gasteiger partial charge in [0.2, 0.25) is 23.0 Å². The van der Waals surface area contributed by atoms with Crippen LogP contribution in [0.5, 0.6) is 11.6 Å². The number of hydrogen-bond donors (Lipinski definition) is 0. The molecule has 14 heteroatoms. The molecule has 0 bridgehead atoms. The molecule has 148 heavy (non-hydrogen) atoms. The van der Waals surface area contributed by atoms with E-state index in [-0.39, 0.29) is 0 Å². The first-order valence-electron chi connectivity index (χ1n) is 49.6. The second-order valence-corrected chi connectivity index (χ2v) is 37.9. The van der Waals surface area contributed by atoms with Gasteiger partial charge in [-0.1, -0.05) is 255 Å². The van der Waals surface area contributed by atoms with E-state index < -0.39 is 0 Å². The Kier molecular flexibility index (Phi) is 22.3. The van der Waals surface area contributed by atoms with Crippen molar-refractivity contribution in [3.8, 4) is 201 Å². The van der Waals surface area contributed by atoms with Crippen LogP contribution in [-0.2, 0) is 6.42 Å². The molecule has 1 aliphatic rings. The quantitative estimate of drug-likeness (QED) is 0.0658. The second-order valence-electron chi connectivity index (χ2n) is 37.9. The monoisotopic (exact) mass is 1900 g/mol. The molecule has 0 atom stereocenters. The van der Waals surface area contributed by atoms with Gasteiger partial charge in [0.15, 0.2) is 0 Å². The van der Waals surface area contributed by atoms with Crippen LogP contribution >= 0.6 is 0 Å². The summed E-state index contributed by atoms with van der Waals surface area (Å²) in [5.41, 5.74) is 44.8. The van der Waals surface area contributed by atoms with Crippen LogP contribution in [0.15, 0.2) is 451 Å². The van der Waals surface area contributed by atoms with E-state index in [1.54, 1.807) is 6.08 Å². The van der Waals surface area contributed by atoms with Crippen LogP contribution < -0.4 is 4.74 Å². The van der Waals surface area contributed by atoms with Crippen LogP contribution in [0.4, 0.5) is 0 Å². The van der Waals surface area contributed by atoms with Crippen LogP contribution in [0, 0.1) is 34.6 Å². The van der Waals surface area contributed by atoms with E-state index in [0.717, 1.165) is 291 Å². The summed E-state index contributed by atoms with van der Waals surface area (Å²) in [6.45, 7) is 14.1. The van der Waals surface area contributed by atoms with Crippen molar-refractivity contribution in [2.24, 2.45) is 0 Å². The van der Waals surface area contributed by atoms with Gasteiger partial charge in [-0.3, -0.25) is 29.9 Å². The zero-order valence-electron chi connectivity index (χ0n) is 81.5. The normalized spacial score (nSPS) is 11.9. The van der Waals surface area contributed by atoms with Gasteiger partial charge in [0, 0.05) is 177 Å². The molecule has 0 fully saturated rings. The number of furan rings is 3. The fraction of sp³-hybridized carbons (Fsp3) is 0.0448. The number of rotatable bonds is 20. The van der Waals surface area contributed by atoms with Crippen LogP contribution in [0.3, 0.4) is 0 Å². The van der Waals surface area contributed by atoms with Crippen molar-refractivity contribution in [3.05, 3.63) is 489 Å². The van der Waals surface area contributed by atoms with E-state index in [4.69, 9.17) is 67.8 Å². The van der Waals surface area contributed by atoms with Crippen molar-refractivity contribution in [1.29, 1.82) is 0 Å². The van der Waals surface area contributed by atoms with Gasteiger partial charge in [-0.2, -0.15) is 0 Å². The third-order valence-electron chi connectivity index (χ3n) is 28.5. The largest absolute Gasteiger partial charge is 0.438 e. The van der Waals surface area contributed by atoms with Gasteiger partial charge in [-0.15, -0.1) is 0 Å². The lowest BCUT2D eigenvalue weighted by atomic mass is 9.86. The van der Waals surface area contributed by atoms with E-state index >= 15 is 0 Å². The summed E-state index contributed by atoms with van der Waals surface area (Å²) in [7, 11) is 0. The summed E-state index contributed by atoms with van der Waals surface area (Å²) >= 11 is 0. The number of para-hydroxylation sites is 3. The molecule has 0 amide bonds. The number of aryl methyl sites for hydroxylation is 5. The lowest BCUT2D eigenvalue weighted by molar-refractivity contribution is 0.441. The Bertz CT molecular complexity index is 9430. The van der Waals surface area contributed by atoms with Crippen LogP contribution in [0.25, 0.3) is 251 Å². The van der Waals surface area contributed by atoms with Crippen LogP contribution in [-0.4, -0.2) is 49.8 Å². The molecular weight excluding hydrogens is 1810 g/mol. The van der Waals surface area contributed by atoms with Crippen molar-refractivity contribution in [1.82, 2.24) is 49.8 Å². The lowest BCUT2D eigenvalue weighted by Crippen LogP contribution is -2.06. The van der Waals surface area contributed by atoms with Gasteiger partial charge in [0.1, 0.15) is 22.7 Å². The number of hydrogen-bond acceptors (Lipinski definition) is 14. The molecule has 700 valence electrons. The fourth-order valence-corrected chi connectivity index (χ4v) is 21.2. The molecule has 14 heterocycles. The maximum atomic E-state index is 6.62. The molecule has 0 unspecified atom stereocenters. The minimum Gasteiger partial charge on any atom is -0.438 e. The molecule has 12 aromatic carbocycles. The number of pyridine rings is 10. The van der Waals surface area contributed by atoms with E-state index in [0.29, 0.717) is 28.8 Å². The molecule has 26 rings (SSSR count). The topological polar surface area (TPSA) is 178 Å². The Morgan fingerprint density at radius 1 is 0.243 bits per heavy atom. The number of benzene rings is 12. The highest BCUT2D eigenvalue weighted by atomic mass is 16.5. The van der Waals surface area contributed by atoms with Crippen LogP contribution in [0.1, 0.15) is 50.9 Å². The summed E-state index contributed by atoms with van der Waals surface area (Å²) in [5, 5.41) is 4.91. The number of ether oxygens (including phenoxy) is 1. The molecule has 0 aliphatic carbocycles. The van der Waals surface area contributed by atoms with Gasteiger partial charge in [-0.25, -0.2) is 19.9 Å². The van der Waals surface area contributed by atoms with Gasteiger partial charge in [-0.05, 0) is 280 Å². The predicted molar refractivity (Wildman–Crippen MR) is 598 cm³/mol. The van der Waals surface area contributed by atoms with Gasteiger partial charge in [0.05, 0.1) is 34.2 Å².